The summed E-state index contributed by atoms with van der Waals surface area (Å²) < 4.78 is 41.2. The summed E-state index contributed by atoms with van der Waals surface area (Å²) in [6, 6.07) is 6.69. The fraction of sp³-hybridized carbons (Fsp3) is 0.286. The van der Waals surface area contributed by atoms with Crippen molar-refractivity contribution in [1.82, 2.24) is 9.55 Å². The van der Waals surface area contributed by atoms with Gasteiger partial charge in [-0.05, 0) is 68.7 Å². The van der Waals surface area contributed by atoms with Crippen LogP contribution in [0.2, 0.25) is 5.02 Å². The Bertz CT molecular complexity index is 1220. The molecule has 9 heteroatoms. The summed E-state index contributed by atoms with van der Waals surface area (Å²) in [6.07, 6.45) is -4.95. The van der Waals surface area contributed by atoms with Crippen molar-refractivity contribution in [3.8, 4) is 0 Å². The molecule has 0 radical (unpaired) electrons. The maximum atomic E-state index is 13.5. The van der Waals surface area contributed by atoms with Gasteiger partial charge in [0.1, 0.15) is 6.04 Å². The number of carbonyl (C=O) groups excluding carboxylic acids is 1. The number of rotatable bonds is 3. The minimum Gasteiger partial charge on any atom is -0.324 e. The summed E-state index contributed by atoms with van der Waals surface area (Å²) in [4.78, 5) is 29.1. The summed E-state index contributed by atoms with van der Waals surface area (Å²) >= 11 is 5.96. The van der Waals surface area contributed by atoms with Crippen molar-refractivity contribution in [3.63, 3.8) is 0 Å². The van der Waals surface area contributed by atoms with Gasteiger partial charge in [-0.3, -0.25) is 14.2 Å². The van der Waals surface area contributed by atoms with Crippen LogP contribution < -0.4 is 10.9 Å². The van der Waals surface area contributed by atoms with E-state index < -0.39 is 29.4 Å². The second-order valence-corrected chi connectivity index (χ2v) is 7.62. The average molecular weight is 438 g/mol. The van der Waals surface area contributed by atoms with Crippen molar-refractivity contribution in [3.05, 3.63) is 68.1 Å². The predicted molar refractivity (Wildman–Crippen MR) is 110 cm³/mol. The van der Waals surface area contributed by atoms with Crippen LogP contribution in [0.3, 0.4) is 0 Å². The first-order chi connectivity index (χ1) is 13.9. The maximum Gasteiger partial charge on any atom is 0.438 e. The molecule has 3 aromatic rings. The van der Waals surface area contributed by atoms with Gasteiger partial charge >= 0.3 is 6.18 Å². The average Bonchev–Trinajstić information content (AvgIpc) is 2.64. The first-order valence-electron chi connectivity index (χ1n) is 9.08. The maximum absolute atomic E-state index is 13.5. The van der Waals surface area contributed by atoms with E-state index in [0.717, 1.165) is 15.7 Å². The highest BCUT2D eigenvalue weighted by atomic mass is 35.5. The summed E-state index contributed by atoms with van der Waals surface area (Å²) in [6.45, 7) is 6.61. The zero-order chi connectivity index (χ0) is 22.4. The van der Waals surface area contributed by atoms with Crippen LogP contribution in [0.4, 0.5) is 18.9 Å². The molecule has 0 saturated carbocycles. The lowest BCUT2D eigenvalue weighted by molar-refractivity contribution is -0.142. The monoisotopic (exact) mass is 437 g/mol. The Balaban J connectivity index is 2.18. The van der Waals surface area contributed by atoms with E-state index in [1.165, 1.54) is 19.1 Å². The molecule has 1 aromatic heterocycles. The van der Waals surface area contributed by atoms with Gasteiger partial charge in [-0.25, -0.2) is 4.98 Å². The number of hydrogen-bond donors (Lipinski definition) is 1. The Hall–Kier alpha value is -2.87. The number of anilines is 1. The van der Waals surface area contributed by atoms with E-state index in [1.54, 1.807) is 39.0 Å². The number of amides is 1. The van der Waals surface area contributed by atoms with Gasteiger partial charge in [0.15, 0.2) is 0 Å². The topological polar surface area (TPSA) is 64.0 Å². The van der Waals surface area contributed by atoms with Crippen molar-refractivity contribution in [1.29, 1.82) is 0 Å². The lowest BCUT2D eigenvalue weighted by Crippen LogP contribution is -2.36. The number of carbonyl (C=O) groups is 1. The van der Waals surface area contributed by atoms with Crippen LogP contribution in [-0.2, 0) is 11.0 Å². The van der Waals surface area contributed by atoms with Crippen LogP contribution in [0.15, 0.2) is 35.1 Å². The zero-order valence-corrected chi connectivity index (χ0v) is 17.4. The summed E-state index contributed by atoms with van der Waals surface area (Å²) in [5.41, 5.74) is -0.176. The SMILES string of the molecule is Cc1cc2nc(C(F)(F)F)c(=O)n([C@@H](C)C(=O)Nc3cc(Cl)ccc3C)c2cc1C. The second kappa shape index (κ2) is 7.75. The van der Waals surface area contributed by atoms with Crippen LogP contribution in [-0.4, -0.2) is 15.5 Å². The first-order valence-corrected chi connectivity index (χ1v) is 9.45. The zero-order valence-electron chi connectivity index (χ0n) is 16.7. The molecule has 0 unspecified atom stereocenters. The third-order valence-electron chi connectivity index (χ3n) is 5.00. The number of fused-ring (bicyclic) bond motifs is 1. The van der Waals surface area contributed by atoms with Crippen LogP contribution in [0.1, 0.15) is 35.3 Å². The molecule has 158 valence electrons. The summed E-state index contributed by atoms with van der Waals surface area (Å²) in [7, 11) is 0. The quantitative estimate of drug-likeness (QED) is 0.613. The van der Waals surface area contributed by atoms with E-state index in [4.69, 9.17) is 11.6 Å². The molecule has 0 aliphatic heterocycles. The number of aromatic nitrogens is 2. The highest BCUT2D eigenvalue weighted by Crippen LogP contribution is 2.29. The second-order valence-electron chi connectivity index (χ2n) is 7.18. The highest BCUT2D eigenvalue weighted by Gasteiger charge is 2.38. The molecule has 1 atom stereocenters. The number of halogens is 4. The normalized spacial score (nSPS) is 12.8. The van der Waals surface area contributed by atoms with E-state index in [9.17, 15) is 22.8 Å². The lowest BCUT2D eigenvalue weighted by atomic mass is 10.1. The van der Waals surface area contributed by atoms with Crippen molar-refractivity contribution in [2.75, 3.05) is 5.32 Å². The molecular weight excluding hydrogens is 419 g/mol. The molecule has 3 rings (SSSR count). The highest BCUT2D eigenvalue weighted by molar-refractivity contribution is 6.31. The molecule has 5 nitrogen and oxygen atoms in total. The van der Waals surface area contributed by atoms with Gasteiger partial charge in [-0.15, -0.1) is 0 Å². The molecule has 0 bridgehead atoms. The van der Waals surface area contributed by atoms with E-state index >= 15 is 0 Å². The van der Waals surface area contributed by atoms with Gasteiger partial charge in [-0.2, -0.15) is 13.2 Å². The van der Waals surface area contributed by atoms with Crippen LogP contribution >= 0.6 is 11.6 Å². The van der Waals surface area contributed by atoms with Crippen molar-refractivity contribution in [2.24, 2.45) is 0 Å². The van der Waals surface area contributed by atoms with Crippen LogP contribution in [0, 0.1) is 20.8 Å². The third kappa shape index (κ3) is 4.05. The Labute approximate surface area is 175 Å². The predicted octanol–water partition coefficient (Wildman–Crippen LogP) is 5.19. The van der Waals surface area contributed by atoms with Gasteiger partial charge in [0.2, 0.25) is 11.6 Å². The van der Waals surface area contributed by atoms with E-state index in [1.807, 2.05) is 0 Å². The van der Waals surface area contributed by atoms with Crippen molar-refractivity contribution < 1.29 is 18.0 Å². The van der Waals surface area contributed by atoms with E-state index in [-0.39, 0.29) is 11.0 Å². The van der Waals surface area contributed by atoms with Crippen molar-refractivity contribution >= 4 is 34.2 Å². The van der Waals surface area contributed by atoms with Gasteiger partial charge in [-0.1, -0.05) is 17.7 Å². The molecule has 0 spiro atoms. The Morgan fingerprint density at radius 3 is 2.37 bits per heavy atom. The van der Waals surface area contributed by atoms with E-state index in [2.05, 4.69) is 10.3 Å². The molecule has 0 aliphatic rings. The third-order valence-corrected chi connectivity index (χ3v) is 5.23. The van der Waals surface area contributed by atoms with Gasteiger partial charge in [0.05, 0.1) is 11.0 Å². The molecule has 0 aliphatic carbocycles. The molecular formula is C21H19ClF3N3O2. The smallest absolute Gasteiger partial charge is 0.324 e. The number of aryl methyl sites for hydroxylation is 3. The van der Waals surface area contributed by atoms with Gasteiger partial charge in [0, 0.05) is 10.7 Å². The Morgan fingerprint density at radius 1 is 1.10 bits per heavy atom. The lowest BCUT2D eigenvalue weighted by Gasteiger charge is -2.20. The standard InChI is InChI=1S/C21H19ClF3N3O2/c1-10-5-6-14(22)9-15(10)27-19(29)13(4)28-17-8-12(3)11(2)7-16(17)26-18(20(28)30)21(23,24)25/h5-9,13H,1-4H3,(H,27,29)/t13-/m0/s1. The number of alkyl halides is 3. The molecule has 1 amide bonds. The van der Waals surface area contributed by atoms with Gasteiger partial charge < -0.3 is 5.32 Å². The Morgan fingerprint density at radius 2 is 1.73 bits per heavy atom. The fourth-order valence-corrected chi connectivity index (χ4v) is 3.28. The molecule has 2 aromatic carbocycles. The molecule has 1 heterocycles. The van der Waals surface area contributed by atoms with Crippen LogP contribution in [0.5, 0.6) is 0 Å². The minimum atomic E-state index is -4.95. The largest absolute Gasteiger partial charge is 0.438 e. The molecule has 0 saturated heterocycles. The first kappa shape index (κ1) is 21.8. The number of nitrogens with zero attached hydrogens (tertiary/aromatic N) is 2. The fourth-order valence-electron chi connectivity index (χ4n) is 3.11. The summed E-state index contributed by atoms with van der Waals surface area (Å²) in [5.74, 6) is -0.652. The van der Waals surface area contributed by atoms with Crippen molar-refractivity contribution in [2.45, 2.75) is 39.9 Å². The molecule has 1 N–H and O–H groups in total. The Kier molecular flexibility index (Phi) is 5.64. The molecule has 0 fully saturated rings. The number of hydrogen-bond acceptors (Lipinski definition) is 3. The van der Waals surface area contributed by atoms with Gasteiger partial charge in [0.25, 0.3) is 5.56 Å². The number of nitrogens with one attached hydrogen (secondary N) is 1. The van der Waals surface area contributed by atoms with E-state index in [0.29, 0.717) is 16.3 Å². The summed E-state index contributed by atoms with van der Waals surface area (Å²) in [5, 5.41) is 3.03. The number of benzene rings is 2. The minimum absolute atomic E-state index is 0.0105. The van der Waals surface area contributed by atoms with Crippen LogP contribution in [0.25, 0.3) is 11.0 Å². The molecule has 30 heavy (non-hydrogen) atoms.